The summed E-state index contributed by atoms with van der Waals surface area (Å²) < 4.78 is 10.5. The Kier molecular flexibility index (Phi) is 6.30. The zero-order valence-corrected chi connectivity index (χ0v) is 16.4. The molecule has 3 aromatic rings. The quantitative estimate of drug-likeness (QED) is 0.411. The molecule has 0 atom stereocenters. The number of nitrogens with one attached hydrogen (secondary N) is 2. The van der Waals surface area contributed by atoms with Gasteiger partial charge in [0.2, 0.25) is 11.6 Å². The molecule has 0 fully saturated rings. The van der Waals surface area contributed by atoms with E-state index in [-0.39, 0.29) is 23.9 Å². The smallest absolute Gasteiger partial charge is 0.353 e. The average molecular weight is 416 g/mol. The molecule has 2 aromatic carbocycles. The van der Waals surface area contributed by atoms with Gasteiger partial charge in [-0.15, -0.1) is 0 Å². The summed E-state index contributed by atoms with van der Waals surface area (Å²) in [4.78, 5) is 19.3. The second-order valence-corrected chi connectivity index (χ2v) is 6.22. The van der Waals surface area contributed by atoms with Gasteiger partial charge in [-0.1, -0.05) is 29.8 Å². The molecule has 0 saturated heterocycles. The van der Waals surface area contributed by atoms with E-state index in [9.17, 15) is 10.1 Å². The topological polar surface area (TPSA) is 111 Å². The molecule has 1 heterocycles. The first kappa shape index (κ1) is 20.2. The third-order valence-electron chi connectivity index (χ3n) is 4.07. The standard InChI is InChI=1S/C19H18ClN5O4/c1-28-13-7-8-16(29-2)15(9-13)24-19-17(25(26)27)18(22-11-23-19)21-10-12-5-3-4-6-14(12)20/h3-9,11H,10H2,1-2H3,(H2,21,22,23,24). The number of halogens is 1. The van der Waals surface area contributed by atoms with Crippen molar-refractivity contribution in [2.24, 2.45) is 0 Å². The van der Waals surface area contributed by atoms with Crippen molar-refractivity contribution in [3.63, 3.8) is 0 Å². The third kappa shape index (κ3) is 4.64. The Labute approximate surface area is 171 Å². The van der Waals surface area contributed by atoms with Crippen molar-refractivity contribution >= 4 is 34.6 Å². The van der Waals surface area contributed by atoms with Crippen LogP contribution in [-0.4, -0.2) is 29.1 Å². The Hall–Kier alpha value is -3.59. The average Bonchev–Trinajstić information content (AvgIpc) is 2.73. The van der Waals surface area contributed by atoms with Gasteiger partial charge in [-0.05, 0) is 23.8 Å². The molecule has 0 unspecified atom stereocenters. The van der Waals surface area contributed by atoms with Gasteiger partial charge in [-0.3, -0.25) is 10.1 Å². The normalized spacial score (nSPS) is 10.3. The Morgan fingerprint density at radius 3 is 2.55 bits per heavy atom. The lowest BCUT2D eigenvalue weighted by molar-refractivity contribution is -0.383. The number of nitro groups is 1. The van der Waals surface area contributed by atoms with E-state index in [1.54, 1.807) is 24.3 Å². The molecule has 0 bridgehead atoms. The maximum absolute atomic E-state index is 11.8. The minimum atomic E-state index is -0.552. The Morgan fingerprint density at radius 1 is 1.10 bits per heavy atom. The molecule has 10 heteroatoms. The predicted molar refractivity (Wildman–Crippen MR) is 110 cm³/mol. The highest BCUT2D eigenvalue weighted by atomic mass is 35.5. The fraction of sp³-hybridized carbons (Fsp3) is 0.158. The Balaban J connectivity index is 1.93. The van der Waals surface area contributed by atoms with Crippen LogP contribution >= 0.6 is 11.6 Å². The van der Waals surface area contributed by atoms with Crippen LogP contribution in [0.15, 0.2) is 48.8 Å². The summed E-state index contributed by atoms with van der Waals surface area (Å²) in [5.41, 5.74) is 0.946. The molecule has 0 radical (unpaired) electrons. The van der Waals surface area contributed by atoms with E-state index in [1.807, 2.05) is 18.2 Å². The lowest BCUT2D eigenvalue weighted by atomic mass is 10.2. The van der Waals surface area contributed by atoms with E-state index < -0.39 is 4.92 Å². The number of aromatic nitrogens is 2. The fourth-order valence-corrected chi connectivity index (χ4v) is 2.84. The van der Waals surface area contributed by atoms with Gasteiger partial charge in [-0.25, -0.2) is 9.97 Å². The van der Waals surface area contributed by atoms with Crippen LogP contribution in [0.25, 0.3) is 0 Å². The summed E-state index contributed by atoms with van der Waals surface area (Å²) in [5.74, 6) is 1.11. The van der Waals surface area contributed by atoms with Gasteiger partial charge in [0.15, 0.2) is 0 Å². The van der Waals surface area contributed by atoms with E-state index in [1.165, 1.54) is 20.5 Å². The Morgan fingerprint density at radius 2 is 1.86 bits per heavy atom. The summed E-state index contributed by atoms with van der Waals surface area (Å²) in [6.07, 6.45) is 1.23. The summed E-state index contributed by atoms with van der Waals surface area (Å²) >= 11 is 6.15. The van der Waals surface area contributed by atoms with Gasteiger partial charge in [0.1, 0.15) is 17.8 Å². The van der Waals surface area contributed by atoms with Gasteiger partial charge in [-0.2, -0.15) is 0 Å². The highest BCUT2D eigenvalue weighted by Crippen LogP contribution is 2.36. The van der Waals surface area contributed by atoms with Crippen molar-refractivity contribution in [1.29, 1.82) is 0 Å². The molecular formula is C19H18ClN5O4. The third-order valence-corrected chi connectivity index (χ3v) is 4.44. The van der Waals surface area contributed by atoms with Crippen LogP contribution < -0.4 is 20.1 Å². The molecular weight excluding hydrogens is 398 g/mol. The molecule has 2 N–H and O–H groups in total. The monoisotopic (exact) mass is 415 g/mol. The second-order valence-electron chi connectivity index (χ2n) is 5.81. The summed E-state index contributed by atoms with van der Waals surface area (Å²) in [6, 6.07) is 12.3. The first-order valence-electron chi connectivity index (χ1n) is 8.49. The number of methoxy groups -OCH3 is 2. The summed E-state index contributed by atoms with van der Waals surface area (Å²) in [6.45, 7) is 0.263. The van der Waals surface area contributed by atoms with Gasteiger partial charge < -0.3 is 20.1 Å². The maximum atomic E-state index is 11.8. The molecule has 0 amide bonds. The minimum absolute atomic E-state index is 0.0122. The number of hydrogen-bond donors (Lipinski definition) is 2. The molecule has 150 valence electrons. The van der Waals surface area contributed by atoms with Crippen molar-refractivity contribution in [1.82, 2.24) is 9.97 Å². The summed E-state index contributed by atoms with van der Waals surface area (Å²) in [7, 11) is 3.02. The van der Waals surface area contributed by atoms with Gasteiger partial charge in [0.25, 0.3) is 0 Å². The van der Waals surface area contributed by atoms with Crippen LogP contribution in [-0.2, 0) is 6.54 Å². The van der Waals surface area contributed by atoms with Crippen molar-refractivity contribution in [2.75, 3.05) is 24.9 Å². The first-order valence-corrected chi connectivity index (χ1v) is 8.87. The van der Waals surface area contributed by atoms with E-state index in [0.717, 1.165) is 5.56 Å². The molecule has 9 nitrogen and oxygen atoms in total. The van der Waals surface area contributed by atoms with Gasteiger partial charge in [0, 0.05) is 17.6 Å². The predicted octanol–water partition coefficient (Wildman–Crippen LogP) is 4.41. The number of hydrogen-bond acceptors (Lipinski definition) is 8. The zero-order chi connectivity index (χ0) is 20.8. The van der Waals surface area contributed by atoms with Gasteiger partial charge >= 0.3 is 5.69 Å². The minimum Gasteiger partial charge on any atom is -0.497 e. The van der Waals surface area contributed by atoms with E-state index in [2.05, 4.69) is 20.6 Å². The second kappa shape index (κ2) is 9.07. The number of rotatable bonds is 8. The molecule has 29 heavy (non-hydrogen) atoms. The number of benzene rings is 2. The molecule has 0 aliphatic carbocycles. The van der Waals surface area contributed by atoms with E-state index in [4.69, 9.17) is 21.1 Å². The molecule has 0 saturated carbocycles. The molecule has 0 aliphatic heterocycles. The van der Waals surface area contributed by atoms with Crippen LogP contribution in [0.2, 0.25) is 5.02 Å². The van der Waals surface area contributed by atoms with Crippen LogP contribution in [0.3, 0.4) is 0 Å². The molecule has 0 aliphatic rings. The fourth-order valence-electron chi connectivity index (χ4n) is 2.63. The van der Waals surface area contributed by atoms with Crippen molar-refractivity contribution in [2.45, 2.75) is 6.54 Å². The zero-order valence-electron chi connectivity index (χ0n) is 15.7. The number of ether oxygens (including phenoxy) is 2. The van der Waals surface area contributed by atoms with Crippen molar-refractivity contribution in [3.05, 3.63) is 69.5 Å². The largest absolute Gasteiger partial charge is 0.497 e. The van der Waals surface area contributed by atoms with Gasteiger partial charge in [0.05, 0.1) is 24.8 Å². The van der Waals surface area contributed by atoms with Crippen LogP contribution in [0.1, 0.15) is 5.56 Å². The van der Waals surface area contributed by atoms with Crippen molar-refractivity contribution in [3.8, 4) is 11.5 Å². The first-order chi connectivity index (χ1) is 14.0. The number of nitrogens with zero attached hydrogens (tertiary/aromatic N) is 3. The maximum Gasteiger partial charge on any atom is 0.353 e. The highest BCUT2D eigenvalue weighted by molar-refractivity contribution is 6.31. The lowest BCUT2D eigenvalue weighted by Crippen LogP contribution is -2.08. The SMILES string of the molecule is COc1ccc(OC)c(Nc2ncnc(NCc3ccccc3Cl)c2[N+](=O)[O-])c1. The lowest BCUT2D eigenvalue weighted by Gasteiger charge is -2.13. The number of anilines is 3. The van der Waals surface area contributed by atoms with Crippen molar-refractivity contribution < 1.29 is 14.4 Å². The Bertz CT molecular complexity index is 1030. The van der Waals surface area contributed by atoms with Crippen LogP contribution in [0, 0.1) is 10.1 Å². The highest BCUT2D eigenvalue weighted by Gasteiger charge is 2.24. The van der Waals surface area contributed by atoms with E-state index >= 15 is 0 Å². The van der Waals surface area contributed by atoms with E-state index in [0.29, 0.717) is 22.2 Å². The molecule has 1 aromatic heterocycles. The molecule has 3 rings (SSSR count). The molecule has 0 spiro atoms. The summed E-state index contributed by atoms with van der Waals surface area (Å²) in [5, 5.41) is 18.2. The van der Waals surface area contributed by atoms with Crippen LogP contribution in [0.4, 0.5) is 23.0 Å². The van der Waals surface area contributed by atoms with Crippen LogP contribution in [0.5, 0.6) is 11.5 Å².